The molecule has 0 aromatic carbocycles. The van der Waals surface area contributed by atoms with E-state index in [0.29, 0.717) is 18.0 Å². The summed E-state index contributed by atoms with van der Waals surface area (Å²) in [6.45, 7) is 8.89. The van der Waals surface area contributed by atoms with Crippen LogP contribution in [0.3, 0.4) is 0 Å². The lowest BCUT2D eigenvalue weighted by Gasteiger charge is -2.32. The van der Waals surface area contributed by atoms with Gasteiger partial charge in [0.15, 0.2) is 0 Å². The lowest BCUT2D eigenvalue weighted by Crippen LogP contribution is -2.42. The minimum absolute atomic E-state index is 0.206. The van der Waals surface area contributed by atoms with Gasteiger partial charge in [-0.3, -0.25) is 9.48 Å². The van der Waals surface area contributed by atoms with Crippen molar-refractivity contribution in [2.45, 2.75) is 45.7 Å². The minimum atomic E-state index is 0.206. The number of hydrogen-bond acceptors (Lipinski definition) is 3. The summed E-state index contributed by atoms with van der Waals surface area (Å²) in [6, 6.07) is 2.70. The fourth-order valence-electron chi connectivity index (χ4n) is 2.73. The molecule has 1 aromatic heterocycles. The van der Waals surface area contributed by atoms with Crippen molar-refractivity contribution in [1.29, 1.82) is 0 Å². The van der Waals surface area contributed by atoms with Crippen LogP contribution in [0.4, 0.5) is 0 Å². The van der Waals surface area contributed by atoms with Crippen molar-refractivity contribution in [3.8, 4) is 0 Å². The average Bonchev–Trinajstić information content (AvgIpc) is 2.98. The third-order valence-corrected chi connectivity index (χ3v) is 4.45. The molecule has 1 fully saturated rings. The van der Waals surface area contributed by atoms with Gasteiger partial charge in [-0.2, -0.15) is 5.10 Å². The molecule has 1 aliphatic heterocycles. The maximum atomic E-state index is 11.3. The predicted molar refractivity (Wildman–Crippen MR) is 79.4 cm³/mol. The zero-order valence-electron chi connectivity index (χ0n) is 12.7. The largest absolute Gasteiger partial charge is 0.343 e. The number of carbonyl (C=O) groups excluding carboxylic acids is 1. The van der Waals surface area contributed by atoms with Gasteiger partial charge in [0.05, 0.1) is 6.04 Å². The van der Waals surface area contributed by atoms with Crippen molar-refractivity contribution in [3.63, 3.8) is 0 Å². The van der Waals surface area contributed by atoms with Crippen LogP contribution in [0.5, 0.6) is 0 Å². The monoisotopic (exact) mass is 278 g/mol. The van der Waals surface area contributed by atoms with Crippen LogP contribution in [0, 0.1) is 5.92 Å². The summed E-state index contributed by atoms with van der Waals surface area (Å²) >= 11 is 0. The molecule has 20 heavy (non-hydrogen) atoms. The zero-order valence-corrected chi connectivity index (χ0v) is 12.7. The van der Waals surface area contributed by atoms with Crippen LogP contribution in [0.2, 0.25) is 0 Å². The average molecular weight is 278 g/mol. The third-order valence-electron chi connectivity index (χ3n) is 4.45. The van der Waals surface area contributed by atoms with E-state index in [1.165, 1.54) is 0 Å². The Labute approximate surface area is 121 Å². The van der Waals surface area contributed by atoms with Crippen LogP contribution in [-0.4, -0.2) is 46.3 Å². The molecule has 5 nitrogen and oxygen atoms in total. The van der Waals surface area contributed by atoms with Crippen LogP contribution in [0.25, 0.3) is 0 Å². The smallest absolute Gasteiger partial charge is 0.219 e. The van der Waals surface area contributed by atoms with E-state index in [1.54, 1.807) is 6.92 Å². The first kappa shape index (κ1) is 15.0. The highest BCUT2D eigenvalue weighted by atomic mass is 16.2. The number of rotatable bonds is 5. The molecule has 1 amide bonds. The Bertz CT molecular complexity index is 410. The van der Waals surface area contributed by atoms with Gasteiger partial charge in [-0.05, 0) is 45.2 Å². The van der Waals surface area contributed by atoms with E-state index in [4.69, 9.17) is 0 Å². The van der Waals surface area contributed by atoms with Crippen molar-refractivity contribution in [1.82, 2.24) is 20.0 Å². The number of nitrogens with one attached hydrogen (secondary N) is 1. The van der Waals surface area contributed by atoms with E-state index in [0.717, 1.165) is 32.5 Å². The molecule has 1 saturated heterocycles. The predicted octanol–water partition coefficient (Wildman–Crippen LogP) is 1.68. The van der Waals surface area contributed by atoms with E-state index in [1.807, 2.05) is 28.0 Å². The molecule has 2 rings (SSSR count). The molecule has 2 heterocycles. The molecule has 0 aliphatic carbocycles. The lowest BCUT2D eigenvalue weighted by molar-refractivity contribution is -0.130. The lowest BCUT2D eigenvalue weighted by atomic mass is 9.96. The van der Waals surface area contributed by atoms with Gasteiger partial charge in [0.2, 0.25) is 5.91 Å². The normalized spacial score (nSPS) is 19.9. The van der Waals surface area contributed by atoms with Gasteiger partial charge < -0.3 is 10.2 Å². The fraction of sp³-hybridized carbons (Fsp3) is 0.733. The number of hydrogen-bond donors (Lipinski definition) is 1. The maximum Gasteiger partial charge on any atom is 0.219 e. The molecule has 112 valence electrons. The molecule has 1 aromatic rings. The number of aromatic nitrogens is 2. The van der Waals surface area contributed by atoms with Crippen LogP contribution in [-0.2, 0) is 4.79 Å². The maximum absolute atomic E-state index is 11.3. The third kappa shape index (κ3) is 3.82. The highest BCUT2D eigenvalue weighted by Gasteiger charge is 2.22. The van der Waals surface area contributed by atoms with Gasteiger partial charge in [0, 0.05) is 38.4 Å². The van der Waals surface area contributed by atoms with E-state index in [-0.39, 0.29) is 5.91 Å². The van der Waals surface area contributed by atoms with Crippen LogP contribution < -0.4 is 5.32 Å². The number of piperidine rings is 1. The van der Waals surface area contributed by atoms with E-state index >= 15 is 0 Å². The molecule has 1 N–H and O–H groups in total. The first-order valence-electron chi connectivity index (χ1n) is 7.56. The number of likely N-dealkylation sites (tertiary alicyclic amines) is 1. The van der Waals surface area contributed by atoms with Gasteiger partial charge in [0.1, 0.15) is 0 Å². The molecule has 0 bridgehead atoms. The topological polar surface area (TPSA) is 50.2 Å². The highest BCUT2D eigenvalue weighted by Crippen LogP contribution is 2.17. The number of carbonyl (C=O) groups is 1. The zero-order chi connectivity index (χ0) is 14.5. The van der Waals surface area contributed by atoms with Crippen LogP contribution in [0.1, 0.15) is 39.7 Å². The Hall–Kier alpha value is -1.36. The Morgan fingerprint density at radius 3 is 2.65 bits per heavy atom. The molecule has 1 aliphatic rings. The first-order chi connectivity index (χ1) is 9.58. The van der Waals surface area contributed by atoms with Crippen molar-refractivity contribution >= 4 is 5.91 Å². The fourth-order valence-corrected chi connectivity index (χ4v) is 2.73. The molecule has 5 heteroatoms. The molecule has 2 atom stereocenters. The van der Waals surface area contributed by atoms with Crippen molar-refractivity contribution < 1.29 is 4.79 Å². The van der Waals surface area contributed by atoms with Gasteiger partial charge in [-0.25, -0.2) is 0 Å². The molecular formula is C15H26N4O. The summed E-state index contributed by atoms with van der Waals surface area (Å²) in [5.41, 5.74) is 0. The van der Waals surface area contributed by atoms with Crippen molar-refractivity contribution in [2.24, 2.45) is 5.92 Å². The summed E-state index contributed by atoms with van der Waals surface area (Å²) in [7, 11) is 0. The molecule has 0 saturated carbocycles. The van der Waals surface area contributed by atoms with Crippen molar-refractivity contribution in [2.75, 3.05) is 19.6 Å². The van der Waals surface area contributed by atoms with E-state index in [9.17, 15) is 4.79 Å². The van der Waals surface area contributed by atoms with Gasteiger partial charge >= 0.3 is 0 Å². The molecular weight excluding hydrogens is 252 g/mol. The second kappa shape index (κ2) is 6.88. The summed E-state index contributed by atoms with van der Waals surface area (Å²) in [4.78, 5) is 13.2. The summed E-state index contributed by atoms with van der Waals surface area (Å²) in [6.07, 6.45) is 6.04. The number of nitrogens with zero attached hydrogens (tertiary/aromatic N) is 3. The quantitative estimate of drug-likeness (QED) is 0.891. The van der Waals surface area contributed by atoms with Crippen molar-refractivity contribution in [3.05, 3.63) is 18.5 Å². The van der Waals surface area contributed by atoms with E-state index in [2.05, 4.69) is 24.3 Å². The van der Waals surface area contributed by atoms with Gasteiger partial charge in [-0.1, -0.05) is 0 Å². The Kier molecular flexibility index (Phi) is 5.17. The summed E-state index contributed by atoms with van der Waals surface area (Å²) < 4.78 is 2.00. The van der Waals surface area contributed by atoms with Crippen LogP contribution in [0.15, 0.2) is 18.5 Å². The molecule has 0 spiro atoms. The Morgan fingerprint density at radius 2 is 2.10 bits per heavy atom. The minimum Gasteiger partial charge on any atom is -0.343 e. The standard InChI is InChI=1S/C15H26N4O/c1-12(13(2)19-8-4-7-17-19)16-11-15-5-9-18(10-6-15)14(3)20/h4,7-8,12-13,15-16H,5-6,9-11H2,1-3H3/t12-,13-/m1/s1. The highest BCUT2D eigenvalue weighted by molar-refractivity contribution is 5.73. The Balaban J connectivity index is 1.72. The SMILES string of the molecule is CC(=O)N1CCC(CN[C@H](C)[C@@H](C)n2cccn2)CC1. The van der Waals surface area contributed by atoms with Gasteiger partial charge in [-0.15, -0.1) is 0 Å². The Morgan fingerprint density at radius 1 is 1.40 bits per heavy atom. The second-order valence-electron chi connectivity index (χ2n) is 5.87. The molecule has 0 unspecified atom stereocenters. The molecule has 0 radical (unpaired) electrons. The van der Waals surface area contributed by atoms with E-state index < -0.39 is 0 Å². The summed E-state index contributed by atoms with van der Waals surface area (Å²) in [5, 5.41) is 7.91. The van der Waals surface area contributed by atoms with Crippen LogP contribution >= 0.6 is 0 Å². The van der Waals surface area contributed by atoms with Gasteiger partial charge in [0.25, 0.3) is 0 Å². The summed E-state index contributed by atoms with van der Waals surface area (Å²) in [5.74, 6) is 0.884. The second-order valence-corrected chi connectivity index (χ2v) is 5.87. The number of amides is 1. The first-order valence-corrected chi connectivity index (χ1v) is 7.56.